The average molecular weight is 384 g/mol. The van der Waals surface area contributed by atoms with E-state index in [0.29, 0.717) is 16.3 Å². The lowest BCUT2D eigenvalue weighted by atomic mass is 9.90. The molecule has 3 rings (SSSR count). The Kier molecular flexibility index (Phi) is 6.24. The highest BCUT2D eigenvalue weighted by molar-refractivity contribution is 6.33. The zero-order valence-electron chi connectivity index (χ0n) is 15.2. The zero-order chi connectivity index (χ0) is 19.2. The van der Waals surface area contributed by atoms with Crippen LogP contribution in [0.15, 0.2) is 47.6 Å². The molecule has 2 amide bonds. The van der Waals surface area contributed by atoms with Gasteiger partial charge in [-0.2, -0.15) is 5.10 Å². The SMILES string of the molecule is C/C(CC(=O)Nc1cccc2c1CCCC2)=N\NC(=O)c1ccccc1Cl. The van der Waals surface area contributed by atoms with Crippen LogP contribution in [-0.2, 0) is 17.6 Å². The smallest absolute Gasteiger partial charge is 0.272 e. The Morgan fingerprint density at radius 3 is 2.67 bits per heavy atom. The number of hydrazone groups is 1. The lowest BCUT2D eigenvalue weighted by Crippen LogP contribution is -2.22. The molecule has 0 aliphatic heterocycles. The van der Waals surface area contributed by atoms with E-state index < -0.39 is 5.91 Å². The summed E-state index contributed by atoms with van der Waals surface area (Å²) in [4.78, 5) is 24.5. The second-order valence-corrected chi connectivity index (χ2v) is 7.05. The second kappa shape index (κ2) is 8.82. The lowest BCUT2D eigenvalue weighted by molar-refractivity contribution is -0.115. The summed E-state index contributed by atoms with van der Waals surface area (Å²) >= 11 is 5.99. The number of nitrogens with zero attached hydrogens (tertiary/aromatic N) is 1. The molecule has 0 aromatic heterocycles. The second-order valence-electron chi connectivity index (χ2n) is 6.64. The van der Waals surface area contributed by atoms with Crippen LogP contribution in [-0.4, -0.2) is 17.5 Å². The van der Waals surface area contributed by atoms with Gasteiger partial charge in [0.1, 0.15) is 0 Å². The summed E-state index contributed by atoms with van der Waals surface area (Å²) < 4.78 is 0. The lowest BCUT2D eigenvalue weighted by Gasteiger charge is -2.19. The number of benzene rings is 2. The van der Waals surface area contributed by atoms with E-state index >= 15 is 0 Å². The Morgan fingerprint density at radius 2 is 1.85 bits per heavy atom. The molecule has 0 fully saturated rings. The van der Waals surface area contributed by atoms with Crippen LogP contribution in [0, 0.1) is 0 Å². The minimum absolute atomic E-state index is 0.104. The summed E-state index contributed by atoms with van der Waals surface area (Å²) in [7, 11) is 0. The number of carbonyl (C=O) groups is 2. The summed E-state index contributed by atoms with van der Waals surface area (Å²) in [6, 6.07) is 12.8. The number of aryl methyl sites for hydroxylation is 1. The molecule has 0 atom stereocenters. The Morgan fingerprint density at radius 1 is 1.07 bits per heavy atom. The topological polar surface area (TPSA) is 70.6 Å². The van der Waals surface area contributed by atoms with Gasteiger partial charge in [-0.25, -0.2) is 5.43 Å². The van der Waals surface area contributed by atoms with Gasteiger partial charge in [0.2, 0.25) is 5.91 Å². The van der Waals surface area contributed by atoms with Gasteiger partial charge in [-0.15, -0.1) is 0 Å². The molecule has 0 radical (unpaired) electrons. The summed E-state index contributed by atoms with van der Waals surface area (Å²) in [5, 5.41) is 7.34. The minimum atomic E-state index is -0.405. The van der Waals surface area contributed by atoms with E-state index in [1.807, 2.05) is 12.1 Å². The number of carbonyl (C=O) groups excluding carboxylic acids is 2. The first-order valence-electron chi connectivity index (χ1n) is 9.03. The number of halogens is 1. The predicted octanol–water partition coefficient (Wildman–Crippen LogP) is 4.35. The van der Waals surface area contributed by atoms with Crippen LogP contribution in [0.3, 0.4) is 0 Å². The van der Waals surface area contributed by atoms with Crippen molar-refractivity contribution in [3.8, 4) is 0 Å². The van der Waals surface area contributed by atoms with Gasteiger partial charge >= 0.3 is 0 Å². The zero-order valence-corrected chi connectivity index (χ0v) is 16.0. The van der Waals surface area contributed by atoms with Gasteiger partial charge in [-0.1, -0.05) is 35.9 Å². The molecular weight excluding hydrogens is 362 g/mol. The standard InChI is InChI=1S/C21H22ClN3O2/c1-14(24-25-21(27)17-10-4-5-11-18(17)22)13-20(26)23-19-12-6-8-15-7-2-3-9-16(15)19/h4-6,8,10-12H,2-3,7,9,13H2,1H3,(H,23,26)(H,25,27)/b24-14+. The summed E-state index contributed by atoms with van der Waals surface area (Å²) in [5.74, 6) is -0.556. The largest absolute Gasteiger partial charge is 0.325 e. The van der Waals surface area contributed by atoms with Crippen molar-refractivity contribution >= 4 is 34.8 Å². The van der Waals surface area contributed by atoms with Crippen molar-refractivity contribution in [2.75, 3.05) is 5.32 Å². The van der Waals surface area contributed by atoms with Gasteiger partial charge in [0.15, 0.2) is 0 Å². The first-order valence-corrected chi connectivity index (χ1v) is 9.41. The third kappa shape index (κ3) is 4.95. The molecule has 2 N–H and O–H groups in total. The van der Waals surface area contributed by atoms with E-state index in [2.05, 4.69) is 21.9 Å². The van der Waals surface area contributed by atoms with Gasteiger partial charge in [0, 0.05) is 11.4 Å². The Bertz CT molecular complexity index is 893. The first-order chi connectivity index (χ1) is 13.0. The Hall–Kier alpha value is -2.66. The van der Waals surface area contributed by atoms with E-state index in [4.69, 9.17) is 11.6 Å². The molecule has 27 heavy (non-hydrogen) atoms. The van der Waals surface area contributed by atoms with Gasteiger partial charge in [0.05, 0.1) is 17.0 Å². The van der Waals surface area contributed by atoms with Crippen LogP contribution in [0.5, 0.6) is 0 Å². The maximum Gasteiger partial charge on any atom is 0.272 e. The van der Waals surface area contributed by atoms with Crippen molar-refractivity contribution < 1.29 is 9.59 Å². The van der Waals surface area contributed by atoms with Crippen molar-refractivity contribution in [2.24, 2.45) is 5.10 Å². The molecule has 0 saturated carbocycles. The van der Waals surface area contributed by atoms with Gasteiger partial charge in [0.25, 0.3) is 5.91 Å². The third-order valence-electron chi connectivity index (χ3n) is 4.55. The highest BCUT2D eigenvalue weighted by atomic mass is 35.5. The van der Waals surface area contributed by atoms with Gasteiger partial charge in [-0.3, -0.25) is 9.59 Å². The van der Waals surface area contributed by atoms with Crippen LogP contribution in [0.25, 0.3) is 0 Å². The van der Waals surface area contributed by atoms with E-state index in [1.54, 1.807) is 31.2 Å². The molecule has 2 aromatic carbocycles. The van der Waals surface area contributed by atoms with E-state index in [0.717, 1.165) is 24.9 Å². The molecule has 5 nitrogen and oxygen atoms in total. The highest BCUT2D eigenvalue weighted by Crippen LogP contribution is 2.27. The predicted molar refractivity (Wildman–Crippen MR) is 108 cm³/mol. The van der Waals surface area contributed by atoms with Crippen molar-refractivity contribution in [3.63, 3.8) is 0 Å². The normalized spacial score (nSPS) is 13.6. The fourth-order valence-electron chi connectivity index (χ4n) is 3.22. The van der Waals surface area contributed by atoms with E-state index in [9.17, 15) is 9.59 Å². The number of amides is 2. The molecule has 1 aliphatic rings. The number of hydrogen-bond donors (Lipinski definition) is 2. The molecule has 1 aliphatic carbocycles. The van der Waals surface area contributed by atoms with Crippen LogP contribution in [0.1, 0.15) is 47.7 Å². The first kappa shape index (κ1) is 19.1. The number of hydrogen-bond acceptors (Lipinski definition) is 3. The van der Waals surface area contributed by atoms with Crippen LogP contribution in [0.4, 0.5) is 5.69 Å². The van der Waals surface area contributed by atoms with E-state index in [1.165, 1.54) is 17.5 Å². The Labute approximate surface area is 163 Å². The molecule has 0 bridgehead atoms. The summed E-state index contributed by atoms with van der Waals surface area (Å²) in [6.07, 6.45) is 4.50. The molecule has 0 spiro atoms. The third-order valence-corrected chi connectivity index (χ3v) is 4.88. The number of nitrogens with one attached hydrogen (secondary N) is 2. The van der Waals surface area contributed by atoms with Crippen LogP contribution >= 0.6 is 11.6 Å². The maximum atomic E-state index is 12.4. The molecule has 140 valence electrons. The van der Waals surface area contributed by atoms with Crippen molar-refractivity contribution in [1.29, 1.82) is 0 Å². The average Bonchev–Trinajstić information content (AvgIpc) is 2.67. The van der Waals surface area contributed by atoms with Gasteiger partial charge < -0.3 is 5.32 Å². The molecule has 0 saturated heterocycles. The molecule has 0 unspecified atom stereocenters. The van der Waals surface area contributed by atoms with Crippen LogP contribution < -0.4 is 10.7 Å². The fraction of sp³-hybridized carbons (Fsp3) is 0.286. The fourth-order valence-corrected chi connectivity index (χ4v) is 3.44. The van der Waals surface area contributed by atoms with E-state index in [-0.39, 0.29) is 12.3 Å². The molecule has 6 heteroatoms. The molecular formula is C21H22ClN3O2. The number of anilines is 1. The quantitative estimate of drug-likeness (QED) is 0.595. The minimum Gasteiger partial charge on any atom is -0.325 e. The van der Waals surface area contributed by atoms with Crippen molar-refractivity contribution in [3.05, 3.63) is 64.2 Å². The van der Waals surface area contributed by atoms with Crippen molar-refractivity contribution in [2.45, 2.75) is 39.0 Å². The maximum absolute atomic E-state index is 12.4. The molecule has 2 aromatic rings. The summed E-state index contributed by atoms with van der Waals surface area (Å²) in [5.41, 5.74) is 6.73. The molecule has 0 heterocycles. The summed E-state index contributed by atoms with van der Waals surface area (Å²) in [6.45, 7) is 1.70. The Balaban J connectivity index is 1.59. The van der Waals surface area contributed by atoms with Gasteiger partial charge in [-0.05, 0) is 61.9 Å². The highest BCUT2D eigenvalue weighted by Gasteiger charge is 2.15. The van der Waals surface area contributed by atoms with Crippen LogP contribution in [0.2, 0.25) is 5.02 Å². The monoisotopic (exact) mass is 383 g/mol. The van der Waals surface area contributed by atoms with Crippen molar-refractivity contribution in [1.82, 2.24) is 5.43 Å². The number of fused-ring (bicyclic) bond motifs is 1. The number of rotatable bonds is 5.